The lowest BCUT2D eigenvalue weighted by molar-refractivity contribution is -0.143. The highest BCUT2D eigenvalue weighted by atomic mass is 16.5. The molecule has 1 fully saturated rings. The Kier molecular flexibility index (Phi) is 4.63. The van der Waals surface area contributed by atoms with Gasteiger partial charge in [-0.1, -0.05) is 25.9 Å². The summed E-state index contributed by atoms with van der Waals surface area (Å²) in [4.78, 5) is 19.6. The van der Waals surface area contributed by atoms with Crippen molar-refractivity contribution in [2.75, 3.05) is 26.2 Å². The van der Waals surface area contributed by atoms with Gasteiger partial charge in [-0.05, 0) is 6.92 Å². The van der Waals surface area contributed by atoms with Crippen LogP contribution in [-0.4, -0.2) is 63.2 Å². The molecule has 0 radical (unpaired) electrons. The van der Waals surface area contributed by atoms with Crippen LogP contribution in [0.25, 0.3) is 0 Å². The largest absolute Gasteiger partial charge is 0.480 e. The third-order valence-corrected chi connectivity index (χ3v) is 3.79. The van der Waals surface area contributed by atoms with Gasteiger partial charge < -0.3 is 9.63 Å². The van der Waals surface area contributed by atoms with Crippen molar-refractivity contribution in [2.24, 2.45) is 0 Å². The lowest BCUT2D eigenvalue weighted by atomic mass is 9.97. The highest BCUT2D eigenvalue weighted by Gasteiger charge is 2.26. The third kappa shape index (κ3) is 4.01. The van der Waals surface area contributed by atoms with Crippen molar-refractivity contribution in [3.05, 3.63) is 11.7 Å². The van der Waals surface area contributed by atoms with Gasteiger partial charge in [-0.2, -0.15) is 4.98 Å². The molecular weight excluding hydrogens is 272 g/mol. The number of piperazine rings is 1. The Labute approximate surface area is 124 Å². The first-order chi connectivity index (χ1) is 9.77. The van der Waals surface area contributed by atoms with Crippen LogP contribution in [0, 0.1) is 0 Å². The van der Waals surface area contributed by atoms with Gasteiger partial charge in [0.1, 0.15) is 6.04 Å². The maximum absolute atomic E-state index is 11.0. The molecule has 0 saturated carbocycles. The summed E-state index contributed by atoms with van der Waals surface area (Å²) in [6.07, 6.45) is 0. The Balaban J connectivity index is 1.86. The van der Waals surface area contributed by atoms with E-state index >= 15 is 0 Å². The average Bonchev–Trinajstić information content (AvgIpc) is 2.87. The molecule has 118 valence electrons. The van der Waals surface area contributed by atoms with E-state index in [2.05, 4.69) is 15.0 Å². The van der Waals surface area contributed by atoms with Crippen LogP contribution in [0.4, 0.5) is 0 Å². The SMILES string of the molecule is CC(C(=O)O)N1CCN(Cc2noc(C(C)(C)C)n2)CC1. The van der Waals surface area contributed by atoms with Crippen LogP contribution in [0.2, 0.25) is 0 Å². The molecule has 2 rings (SSSR count). The summed E-state index contributed by atoms with van der Waals surface area (Å²) in [6, 6.07) is -0.426. The zero-order valence-corrected chi connectivity index (χ0v) is 13.2. The van der Waals surface area contributed by atoms with Crippen molar-refractivity contribution in [1.82, 2.24) is 19.9 Å². The molecule has 1 aliphatic rings. The molecule has 7 nitrogen and oxygen atoms in total. The minimum absolute atomic E-state index is 0.138. The van der Waals surface area contributed by atoms with Crippen molar-refractivity contribution in [3.8, 4) is 0 Å². The van der Waals surface area contributed by atoms with E-state index in [1.54, 1.807) is 6.92 Å². The quantitative estimate of drug-likeness (QED) is 0.886. The van der Waals surface area contributed by atoms with E-state index < -0.39 is 12.0 Å². The van der Waals surface area contributed by atoms with Gasteiger partial charge in [-0.3, -0.25) is 14.6 Å². The van der Waals surface area contributed by atoms with Gasteiger partial charge in [0.2, 0.25) is 5.89 Å². The van der Waals surface area contributed by atoms with E-state index in [-0.39, 0.29) is 5.41 Å². The summed E-state index contributed by atoms with van der Waals surface area (Å²) in [5.41, 5.74) is -0.138. The summed E-state index contributed by atoms with van der Waals surface area (Å²) < 4.78 is 5.29. The van der Waals surface area contributed by atoms with Crippen LogP contribution in [0.5, 0.6) is 0 Å². The number of hydrogen-bond acceptors (Lipinski definition) is 6. The maximum Gasteiger partial charge on any atom is 0.320 e. The molecular formula is C14H24N4O3. The third-order valence-electron chi connectivity index (χ3n) is 3.79. The van der Waals surface area contributed by atoms with Gasteiger partial charge in [0.05, 0.1) is 6.54 Å². The van der Waals surface area contributed by atoms with Gasteiger partial charge in [-0.25, -0.2) is 0 Å². The topological polar surface area (TPSA) is 82.7 Å². The summed E-state index contributed by atoms with van der Waals surface area (Å²) in [5, 5.41) is 13.1. The second kappa shape index (κ2) is 6.11. The minimum Gasteiger partial charge on any atom is -0.480 e. The predicted molar refractivity (Wildman–Crippen MR) is 76.9 cm³/mol. The Bertz CT molecular complexity index is 487. The average molecular weight is 296 g/mol. The molecule has 1 unspecified atom stereocenters. The van der Waals surface area contributed by atoms with Crippen molar-refractivity contribution in [2.45, 2.75) is 45.7 Å². The molecule has 1 saturated heterocycles. The van der Waals surface area contributed by atoms with Gasteiger partial charge in [0.15, 0.2) is 5.82 Å². The summed E-state index contributed by atoms with van der Waals surface area (Å²) in [6.45, 7) is 11.6. The zero-order valence-electron chi connectivity index (χ0n) is 13.2. The molecule has 2 heterocycles. The zero-order chi connectivity index (χ0) is 15.6. The molecule has 1 aromatic heterocycles. The Morgan fingerprint density at radius 3 is 2.43 bits per heavy atom. The lowest BCUT2D eigenvalue weighted by Gasteiger charge is -2.35. The first-order valence-electron chi connectivity index (χ1n) is 7.29. The van der Waals surface area contributed by atoms with Crippen LogP contribution in [0.1, 0.15) is 39.4 Å². The van der Waals surface area contributed by atoms with Crippen LogP contribution in [0.3, 0.4) is 0 Å². The van der Waals surface area contributed by atoms with Crippen LogP contribution in [-0.2, 0) is 16.8 Å². The first kappa shape index (κ1) is 15.9. The number of rotatable bonds is 4. The van der Waals surface area contributed by atoms with E-state index in [1.807, 2.05) is 25.7 Å². The number of nitrogens with zero attached hydrogens (tertiary/aromatic N) is 4. The molecule has 21 heavy (non-hydrogen) atoms. The second-order valence-electron chi connectivity index (χ2n) is 6.59. The molecule has 0 aliphatic carbocycles. The van der Waals surface area contributed by atoms with E-state index in [0.29, 0.717) is 18.3 Å². The number of carboxylic acids is 1. The Hall–Kier alpha value is -1.47. The van der Waals surface area contributed by atoms with E-state index in [1.165, 1.54) is 0 Å². The summed E-state index contributed by atoms with van der Waals surface area (Å²) in [7, 11) is 0. The minimum atomic E-state index is -0.767. The lowest BCUT2D eigenvalue weighted by Crippen LogP contribution is -2.51. The van der Waals surface area contributed by atoms with Crippen LogP contribution in [0.15, 0.2) is 4.52 Å². The Morgan fingerprint density at radius 2 is 1.95 bits per heavy atom. The predicted octanol–water partition coefficient (Wildman–Crippen LogP) is 0.958. The number of aliphatic carboxylic acids is 1. The van der Waals surface area contributed by atoms with Crippen molar-refractivity contribution < 1.29 is 14.4 Å². The number of hydrogen-bond donors (Lipinski definition) is 1. The normalized spacial score (nSPS) is 19.6. The number of aromatic nitrogens is 2. The van der Waals surface area contributed by atoms with Crippen LogP contribution < -0.4 is 0 Å². The molecule has 0 aromatic carbocycles. The van der Waals surface area contributed by atoms with E-state index in [9.17, 15) is 4.79 Å². The molecule has 1 atom stereocenters. The van der Waals surface area contributed by atoms with Crippen molar-refractivity contribution in [1.29, 1.82) is 0 Å². The number of carbonyl (C=O) groups is 1. The molecule has 1 aromatic rings. The fourth-order valence-corrected chi connectivity index (χ4v) is 2.29. The maximum atomic E-state index is 11.0. The Morgan fingerprint density at radius 1 is 1.33 bits per heavy atom. The van der Waals surface area contributed by atoms with E-state index in [4.69, 9.17) is 9.63 Å². The molecule has 1 N–H and O–H groups in total. The fourth-order valence-electron chi connectivity index (χ4n) is 2.29. The molecule has 0 amide bonds. The molecule has 0 spiro atoms. The smallest absolute Gasteiger partial charge is 0.320 e. The highest BCUT2D eigenvalue weighted by molar-refractivity contribution is 5.72. The summed E-state index contributed by atoms with van der Waals surface area (Å²) >= 11 is 0. The van der Waals surface area contributed by atoms with Crippen molar-refractivity contribution in [3.63, 3.8) is 0 Å². The van der Waals surface area contributed by atoms with Crippen LogP contribution >= 0.6 is 0 Å². The fraction of sp³-hybridized carbons (Fsp3) is 0.786. The standard InChI is InChI=1S/C14H24N4O3/c1-10(12(19)20)18-7-5-17(6-8-18)9-11-15-13(21-16-11)14(2,3)4/h10H,5-9H2,1-4H3,(H,19,20). The van der Waals surface area contributed by atoms with Gasteiger partial charge in [0, 0.05) is 31.6 Å². The molecule has 0 bridgehead atoms. The highest BCUT2D eigenvalue weighted by Crippen LogP contribution is 2.20. The van der Waals surface area contributed by atoms with Crippen molar-refractivity contribution >= 4 is 5.97 Å². The first-order valence-corrected chi connectivity index (χ1v) is 7.29. The summed E-state index contributed by atoms with van der Waals surface area (Å²) in [5.74, 6) is 0.576. The second-order valence-corrected chi connectivity index (χ2v) is 6.59. The van der Waals surface area contributed by atoms with Gasteiger partial charge in [-0.15, -0.1) is 0 Å². The molecule has 7 heteroatoms. The van der Waals surface area contributed by atoms with Gasteiger partial charge in [0.25, 0.3) is 0 Å². The molecule has 1 aliphatic heterocycles. The van der Waals surface area contributed by atoms with Gasteiger partial charge >= 0.3 is 5.97 Å². The monoisotopic (exact) mass is 296 g/mol. The number of carboxylic acid groups (broad SMARTS) is 1. The van der Waals surface area contributed by atoms with E-state index in [0.717, 1.165) is 26.2 Å².